The summed E-state index contributed by atoms with van der Waals surface area (Å²) in [5, 5.41) is 15.0. The van der Waals surface area contributed by atoms with Crippen molar-refractivity contribution in [3.05, 3.63) is 68.4 Å². The zero-order valence-corrected chi connectivity index (χ0v) is 16.2. The SMILES string of the molecule is COc1ccc(C(=O)Nc2c(Cl)cncc2Cl)c2c1oc1ccc([N+](=O)[O-])cc12. The number of nitrogens with zero attached hydrogens (tertiary/aromatic N) is 2. The van der Waals surface area contributed by atoms with Gasteiger partial charge in [0, 0.05) is 35.3 Å². The predicted molar refractivity (Wildman–Crippen MR) is 109 cm³/mol. The number of carbonyl (C=O) groups excluding carboxylic acids is 1. The van der Waals surface area contributed by atoms with Crippen LogP contribution in [0.5, 0.6) is 5.75 Å². The molecule has 0 aliphatic heterocycles. The normalized spacial score (nSPS) is 11.0. The highest BCUT2D eigenvalue weighted by molar-refractivity contribution is 6.40. The number of rotatable bonds is 4. The van der Waals surface area contributed by atoms with Gasteiger partial charge in [-0.15, -0.1) is 0 Å². The van der Waals surface area contributed by atoms with Crippen molar-refractivity contribution in [1.82, 2.24) is 4.98 Å². The van der Waals surface area contributed by atoms with Gasteiger partial charge < -0.3 is 14.5 Å². The highest BCUT2D eigenvalue weighted by Crippen LogP contribution is 2.39. The zero-order valence-electron chi connectivity index (χ0n) is 14.7. The lowest BCUT2D eigenvalue weighted by Crippen LogP contribution is -2.13. The first-order valence-corrected chi connectivity index (χ1v) is 8.94. The van der Waals surface area contributed by atoms with Crippen LogP contribution in [0.4, 0.5) is 11.4 Å². The van der Waals surface area contributed by atoms with E-state index in [2.05, 4.69) is 10.3 Å². The molecule has 10 heteroatoms. The number of furan rings is 1. The summed E-state index contributed by atoms with van der Waals surface area (Å²) in [6.45, 7) is 0. The molecule has 0 bridgehead atoms. The number of methoxy groups -OCH3 is 1. The molecular weight excluding hydrogens is 421 g/mol. The second kappa shape index (κ2) is 7.23. The summed E-state index contributed by atoms with van der Waals surface area (Å²) in [4.78, 5) is 27.6. The number of carbonyl (C=O) groups is 1. The van der Waals surface area contributed by atoms with Gasteiger partial charge in [-0.2, -0.15) is 0 Å². The molecule has 4 aromatic rings. The molecule has 0 saturated heterocycles. The quantitative estimate of drug-likeness (QED) is 0.339. The van der Waals surface area contributed by atoms with Crippen molar-refractivity contribution in [2.45, 2.75) is 0 Å². The van der Waals surface area contributed by atoms with Crippen LogP contribution < -0.4 is 10.1 Å². The molecule has 1 N–H and O–H groups in total. The van der Waals surface area contributed by atoms with Crippen LogP contribution in [0.15, 0.2) is 47.1 Å². The third-order valence-corrected chi connectivity index (χ3v) is 4.91. The van der Waals surface area contributed by atoms with Crippen LogP contribution in [0.3, 0.4) is 0 Å². The number of nitro groups is 1. The fourth-order valence-electron chi connectivity index (χ4n) is 3.02. The van der Waals surface area contributed by atoms with E-state index in [1.54, 1.807) is 6.07 Å². The number of benzene rings is 2. The number of hydrogen-bond donors (Lipinski definition) is 1. The number of anilines is 1. The Hall–Kier alpha value is -3.36. The van der Waals surface area contributed by atoms with Crippen molar-refractivity contribution in [3.63, 3.8) is 0 Å². The van der Waals surface area contributed by atoms with Crippen molar-refractivity contribution in [1.29, 1.82) is 0 Å². The molecular formula is C19H11Cl2N3O5. The summed E-state index contributed by atoms with van der Waals surface area (Å²) < 4.78 is 11.1. The Bertz CT molecular complexity index is 1280. The minimum Gasteiger partial charge on any atom is -0.493 e. The van der Waals surface area contributed by atoms with Crippen molar-refractivity contribution in [2.75, 3.05) is 12.4 Å². The summed E-state index contributed by atoms with van der Waals surface area (Å²) in [5.41, 5.74) is 0.960. The third kappa shape index (κ3) is 3.22. The van der Waals surface area contributed by atoms with Gasteiger partial charge >= 0.3 is 0 Å². The first-order valence-electron chi connectivity index (χ1n) is 8.18. The lowest BCUT2D eigenvalue weighted by Gasteiger charge is -2.10. The number of nitrogens with one attached hydrogen (secondary N) is 1. The van der Waals surface area contributed by atoms with Crippen LogP contribution in [0.2, 0.25) is 10.0 Å². The van der Waals surface area contributed by atoms with Gasteiger partial charge in [0.25, 0.3) is 11.6 Å². The fourth-order valence-corrected chi connectivity index (χ4v) is 3.48. The zero-order chi connectivity index (χ0) is 20.7. The van der Waals surface area contributed by atoms with E-state index in [0.29, 0.717) is 27.7 Å². The lowest BCUT2D eigenvalue weighted by molar-refractivity contribution is -0.384. The first-order chi connectivity index (χ1) is 13.9. The smallest absolute Gasteiger partial charge is 0.270 e. The van der Waals surface area contributed by atoms with E-state index < -0.39 is 10.8 Å². The number of aromatic nitrogens is 1. The molecule has 2 heterocycles. The summed E-state index contributed by atoms with van der Waals surface area (Å²) >= 11 is 12.2. The molecule has 2 aromatic carbocycles. The van der Waals surface area contributed by atoms with Gasteiger partial charge in [-0.05, 0) is 18.2 Å². The lowest BCUT2D eigenvalue weighted by atomic mass is 10.0. The van der Waals surface area contributed by atoms with Crippen LogP contribution in [-0.2, 0) is 0 Å². The molecule has 0 saturated carbocycles. The summed E-state index contributed by atoms with van der Waals surface area (Å²) in [6.07, 6.45) is 2.70. The molecule has 0 aliphatic rings. The molecule has 29 heavy (non-hydrogen) atoms. The maximum atomic E-state index is 13.0. The summed E-state index contributed by atoms with van der Waals surface area (Å²) in [5.74, 6) is -0.141. The maximum Gasteiger partial charge on any atom is 0.270 e. The summed E-state index contributed by atoms with van der Waals surface area (Å²) in [7, 11) is 1.46. The number of ether oxygens (including phenoxy) is 1. The van der Waals surface area contributed by atoms with E-state index in [-0.39, 0.29) is 27.0 Å². The largest absolute Gasteiger partial charge is 0.493 e. The topological polar surface area (TPSA) is 108 Å². The van der Waals surface area contributed by atoms with Gasteiger partial charge in [-0.1, -0.05) is 23.2 Å². The molecule has 1 amide bonds. The van der Waals surface area contributed by atoms with E-state index in [9.17, 15) is 14.9 Å². The van der Waals surface area contributed by atoms with Crippen LogP contribution in [0.25, 0.3) is 21.9 Å². The molecule has 146 valence electrons. The molecule has 0 unspecified atom stereocenters. The van der Waals surface area contributed by atoms with Gasteiger partial charge in [0.2, 0.25) is 0 Å². The Morgan fingerprint density at radius 1 is 1.21 bits per heavy atom. The van der Waals surface area contributed by atoms with Gasteiger partial charge in [-0.3, -0.25) is 19.9 Å². The maximum absolute atomic E-state index is 13.0. The highest BCUT2D eigenvalue weighted by Gasteiger charge is 2.22. The van der Waals surface area contributed by atoms with Crippen LogP contribution in [0.1, 0.15) is 10.4 Å². The molecule has 0 radical (unpaired) electrons. The molecule has 4 rings (SSSR count). The van der Waals surface area contributed by atoms with E-state index in [1.807, 2.05) is 0 Å². The van der Waals surface area contributed by atoms with Crippen LogP contribution in [-0.4, -0.2) is 22.9 Å². The standard InChI is InChI=1S/C19H11Cl2N3O5/c1-28-15-5-3-10(19(25)23-17-12(20)7-22-8-13(17)21)16-11-6-9(24(26)27)2-4-14(11)29-18(15)16/h2-8H,1H3,(H,22,23,25). The Morgan fingerprint density at radius 2 is 1.93 bits per heavy atom. The highest BCUT2D eigenvalue weighted by atomic mass is 35.5. The minimum absolute atomic E-state index is 0.130. The Balaban J connectivity index is 1.94. The monoisotopic (exact) mass is 431 g/mol. The predicted octanol–water partition coefficient (Wildman–Crippen LogP) is 5.46. The van der Waals surface area contributed by atoms with Crippen molar-refractivity contribution < 1.29 is 18.9 Å². The van der Waals surface area contributed by atoms with Crippen molar-refractivity contribution >= 4 is 62.4 Å². The van der Waals surface area contributed by atoms with Crippen LogP contribution in [0, 0.1) is 10.1 Å². The van der Waals surface area contributed by atoms with Gasteiger partial charge in [0.05, 0.1) is 33.3 Å². The molecule has 0 fully saturated rings. The molecule has 0 spiro atoms. The number of fused-ring (bicyclic) bond motifs is 3. The average Bonchev–Trinajstić information content (AvgIpc) is 3.08. The number of pyridine rings is 1. The minimum atomic E-state index is -0.526. The Kier molecular flexibility index (Phi) is 4.73. The first kappa shape index (κ1) is 19.0. The summed E-state index contributed by atoms with van der Waals surface area (Å²) in [6, 6.07) is 7.26. The number of nitro benzene ring substituents is 1. The van der Waals surface area contributed by atoms with Gasteiger partial charge in [0.15, 0.2) is 11.3 Å². The third-order valence-electron chi connectivity index (χ3n) is 4.33. The number of hydrogen-bond acceptors (Lipinski definition) is 6. The number of non-ortho nitro benzene ring substituents is 1. The van der Waals surface area contributed by atoms with E-state index in [4.69, 9.17) is 32.4 Å². The van der Waals surface area contributed by atoms with Gasteiger partial charge in [-0.25, -0.2) is 0 Å². The van der Waals surface area contributed by atoms with E-state index in [1.165, 1.54) is 43.8 Å². The molecule has 0 aliphatic carbocycles. The molecule has 2 aromatic heterocycles. The number of amides is 1. The van der Waals surface area contributed by atoms with Crippen LogP contribution >= 0.6 is 23.2 Å². The molecule has 8 nitrogen and oxygen atoms in total. The average molecular weight is 432 g/mol. The molecule has 0 atom stereocenters. The Labute approximate surface area is 173 Å². The van der Waals surface area contributed by atoms with Crippen molar-refractivity contribution in [3.8, 4) is 5.75 Å². The van der Waals surface area contributed by atoms with E-state index in [0.717, 1.165) is 0 Å². The second-order valence-corrected chi connectivity index (χ2v) is 6.81. The Morgan fingerprint density at radius 3 is 2.59 bits per heavy atom. The second-order valence-electron chi connectivity index (χ2n) is 5.99. The number of halogens is 2. The van der Waals surface area contributed by atoms with Gasteiger partial charge in [0.1, 0.15) is 5.58 Å². The fraction of sp³-hybridized carbons (Fsp3) is 0.0526. The van der Waals surface area contributed by atoms with Crippen molar-refractivity contribution in [2.24, 2.45) is 0 Å². The van der Waals surface area contributed by atoms with E-state index >= 15 is 0 Å².